The average Bonchev–Trinajstić information content (AvgIpc) is 3.93. The predicted molar refractivity (Wildman–Crippen MR) is 220 cm³/mol. The van der Waals surface area contributed by atoms with Crippen LogP contribution in [0.5, 0.6) is 5.75 Å². The molecule has 57 heavy (non-hydrogen) atoms. The molecule has 2 saturated heterocycles. The summed E-state index contributed by atoms with van der Waals surface area (Å²) in [4.78, 5) is 47.7. The van der Waals surface area contributed by atoms with Gasteiger partial charge in [0.15, 0.2) is 0 Å². The summed E-state index contributed by atoms with van der Waals surface area (Å²) in [6, 6.07) is 14.3. The Morgan fingerprint density at radius 1 is 0.982 bits per heavy atom. The number of fused-ring (bicyclic) bond motifs is 1. The Balaban J connectivity index is 1.10. The van der Waals surface area contributed by atoms with E-state index in [1.165, 1.54) is 0 Å². The zero-order valence-electron chi connectivity index (χ0n) is 34.3. The molecular formula is C45H61BN4O7. The second-order valence-electron chi connectivity index (χ2n) is 17.6. The van der Waals surface area contributed by atoms with Crippen LogP contribution in [0.15, 0.2) is 73.8 Å². The van der Waals surface area contributed by atoms with E-state index in [-0.39, 0.29) is 43.0 Å². The minimum Gasteiger partial charge on any atom is -0.497 e. The number of rotatable bonds is 16. The van der Waals surface area contributed by atoms with E-state index in [0.717, 1.165) is 67.4 Å². The van der Waals surface area contributed by atoms with Crippen molar-refractivity contribution in [3.8, 4) is 5.75 Å². The first-order valence-corrected chi connectivity index (χ1v) is 21.0. The molecule has 7 atom stereocenters. The number of allylic oxidation sites excluding steroid dienone is 1. The molecule has 6 aliphatic rings. The largest absolute Gasteiger partial charge is 0.497 e. The van der Waals surface area contributed by atoms with Gasteiger partial charge in [0, 0.05) is 32.6 Å². The molecule has 1 unspecified atom stereocenters. The first kappa shape index (κ1) is 40.9. The molecule has 1 N–H and O–H groups in total. The molecule has 306 valence electrons. The van der Waals surface area contributed by atoms with E-state index in [2.05, 4.69) is 39.2 Å². The molecule has 2 bridgehead atoms. The molecule has 2 aromatic carbocycles. The molecule has 3 aliphatic carbocycles. The van der Waals surface area contributed by atoms with Crippen LogP contribution in [0.3, 0.4) is 0 Å². The number of hydrogen-bond donors (Lipinski definition) is 1. The molecule has 8 rings (SSSR count). The van der Waals surface area contributed by atoms with Gasteiger partial charge in [-0.2, -0.15) is 0 Å². The Kier molecular flexibility index (Phi) is 12.4. The van der Waals surface area contributed by atoms with Crippen molar-refractivity contribution in [2.24, 2.45) is 17.3 Å². The van der Waals surface area contributed by atoms with Crippen molar-refractivity contribution >= 4 is 25.1 Å². The summed E-state index contributed by atoms with van der Waals surface area (Å²) >= 11 is 0. The van der Waals surface area contributed by atoms with Gasteiger partial charge in [-0.3, -0.25) is 9.69 Å². The molecule has 3 heterocycles. The third kappa shape index (κ3) is 8.49. The summed E-state index contributed by atoms with van der Waals surface area (Å²) in [5.41, 5.74) is 2.84. The summed E-state index contributed by atoms with van der Waals surface area (Å²) in [5, 5.41) is 3.34. The predicted octanol–water partition coefficient (Wildman–Crippen LogP) is 7.68. The smallest absolute Gasteiger partial charge is 0.481 e. The molecule has 3 saturated carbocycles. The van der Waals surface area contributed by atoms with Gasteiger partial charge < -0.3 is 33.9 Å². The third-order valence-corrected chi connectivity index (χ3v) is 13.6. The number of likely N-dealkylation sites (tertiary alicyclic amines) is 1. The van der Waals surface area contributed by atoms with Gasteiger partial charge >= 0.3 is 19.2 Å². The molecule has 12 heteroatoms. The number of urea groups is 1. The maximum Gasteiger partial charge on any atom is 0.481 e. The second kappa shape index (κ2) is 17.3. The lowest BCUT2D eigenvalue weighted by molar-refractivity contribution is -0.199. The molecule has 3 aliphatic heterocycles. The van der Waals surface area contributed by atoms with Crippen LogP contribution in [-0.2, 0) is 38.5 Å². The Morgan fingerprint density at radius 2 is 1.70 bits per heavy atom. The highest BCUT2D eigenvalue weighted by Crippen LogP contribution is 2.65. The SMILES string of the molecule is C=CCCCCCC[C@H](NC(=O)[C@@H]1C[C@@H](OC(=O)N2Cc3ccccc3C2)CN1C(=O)N(CC=C)Cc1ccc(OC)cc1)B1OC2C[C@@H]3C[C@@H](C3(C)C)[C@@]2(C)O1. The van der Waals surface area contributed by atoms with Gasteiger partial charge in [0.1, 0.15) is 17.9 Å². The van der Waals surface area contributed by atoms with Crippen molar-refractivity contribution < 1.29 is 33.2 Å². The fourth-order valence-corrected chi connectivity index (χ4v) is 10.2. The molecule has 11 nitrogen and oxygen atoms in total. The number of amides is 4. The summed E-state index contributed by atoms with van der Waals surface area (Å²) in [5.74, 6) is 0.997. The lowest BCUT2D eigenvalue weighted by atomic mass is 9.43. The maximum absolute atomic E-state index is 14.7. The Labute approximate surface area is 339 Å². The zero-order chi connectivity index (χ0) is 40.3. The van der Waals surface area contributed by atoms with Crippen molar-refractivity contribution in [2.45, 2.75) is 128 Å². The summed E-state index contributed by atoms with van der Waals surface area (Å²) in [6.45, 7) is 16.2. The van der Waals surface area contributed by atoms with Crippen molar-refractivity contribution in [1.82, 2.24) is 20.0 Å². The lowest BCUT2D eigenvalue weighted by Crippen LogP contribution is -2.65. The van der Waals surface area contributed by atoms with Crippen LogP contribution < -0.4 is 10.1 Å². The molecule has 4 amide bonds. The number of hydrogen-bond acceptors (Lipinski definition) is 7. The Bertz CT molecular complexity index is 1760. The first-order chi connectivity index (χ1) is 27.4. The summed E-state index contributed by atoms with van der Waals surface area (Å²) in [6.07, 6.45) is 10.5. The number of unbranched alkanes of at least 4 members (excludes halogenated alkanes) is 4. The number of nitrogens with zero attached hydrogens (tertiary/aromatic N) is 3. The van der Waals surface area contributed by atoms with E-state index in [1.54, 1.807) is 27.9 Å². The minimum atomic E-state index is -0.879. The van der Waals surface area contributed by atoms with Gasteiger partial charge in [0.2, 0.25) is 5.91 Å². The quantitative estimate of drug-likeness (QED) is 0.106. The van der Waals surface area contributed by atoms with E-state index in [1.807, 2.05) is 54.6 Å². The van der Waals surface area contributed by atoms with E-state index >= 15 is 0 Å². The van der Waals surface area contributed by atoms with Crippen molar-refractivity contribution in [3.63, 3.8) is 0 Å². The molecule has 2 aromatic rings. The molecule has 0 spiro atoms. The summed E-state index contributed by atoms with van der Waals surface area (Å²) < 4.78 is 25.1. The van der Waals surface area contributed by atoms with Crippen LogP contribution >= 0.6 is 0 Å². The number of ether oxygens (including phenoxy) is 2. The first-order valence-electron chi connectivity index (χ1n) is 21.0. The minimum absolute atomic E-state index is 0.0261. The molecule has 0 radical (unpaired) electrons. The topological polar surface area (TPSA) is 110 Å². The average molecular weight is 781 g/mol. The van der Waals surface area contributed by atoms with E-state index < -0.39 is 36.9 Å². The standard InChI is InChI=1S/C45H61BN4O7/c1-7-9-10-11-12-13-18-40(46-56-39-25-34-24-38(44(34,3)4)45(39,5)57-46)47-41(51)37-26-36(55-43(53)49-28-32-16-14-15-17-33(32)29-49)30-50(37)42(52)48(23-8-2)27-31-19-21-35(54-6)22-20-31/h7-8,14-17,19-22,34,36-40H,1-2,9-13,18,23-30H2,3-6H3,(H,47,51)/t34-,36+,37-,38-,39?,40-,45+/m0/s1. The molecular weight excluding hydrogens is 719 g/mol. The van der Waals surface area contributed by atoms with Crippen molar-refractivity contribution in [2.75, 3.05) is 20.2 Å². The summed E-state index contributed by atoms with van der Waals surface area (Å²) in [7, 11) is 1.01. The number of benzene rings is 2. The third-order valence-electron chi connectivity index (χ3n) is 13.6. The van der Waals surface area contributed by atoms with E-state index in [9.17, 15) is 14.4 Å². The van der Waals surface area contributed by atoms with Crippen LogP contribution in [0.4, 0.5) is 9.59 Å². The van der Waals surface area contributed by atoms with Crippen LogP contribution in [0.2, 0.25) is 0 Å². The van der Waals surface area contributed by atoms with Crippen LogP contribution in [0.1, 0.15) is 95.2 Å². The van der Waals surface area contributed by atoms with Gasteiger partial charge in [-0.05, 0) is 85.1 Å². The number of carbonyl (C=O) groups is 3. The number of methoxy groups -OCH3 is 1. The highest BCUT2D eigenvalue weighted by atomic mass is 16.7. The lowest BCUT2D eigenvalue weighted by Gasteiger charge is -2.64. The molecule has 5 fully saturated rings. The Morgan fingerprint density at radius 3 is 2.37 bits per heavy atom. The highest BCUT2D eigenvalue weighted by molar-refractivity contribution is 6.48. The fraction of sp³-hybridized carbons (Fsp3) is 0.578. The van der Waals surface area contributed by atoms with Gasteiger partial charge in [0.05, 0.1) is 31.3 Å². The molecule has 0 aromatic heterocycles. The number of nitrogens with one attached hydrogen (secondary N) is 1. The van der Waals surface area contributed by atoms with Gasteiger partial charge in [-0.25, -0.2) is 9.59 Å². The van der Waals surface area contributed by atoms with Crippen molar-refractivity contribution in [3.05, 3.63) is 90.5 Å². The Hall–Kier alpha value is -4.29. The van der Waals surface area contributed by atoms with E-state index in [0.29, 0.717) is 37.9 Å². The monoisotopic (exact) mass is 780 g/mol. The highest BCUT2D eigenvalue weighted by Gasteiger charge is 2.68. The maximum atomic E-state index is 14.7. The fourth-order valence-electron chi connectivity index (χ4n) is 10.2. The van der Waals surface area contributed by atoms with Gasteiger partial charge in [0.25, 0.3) is 0 Å². The van der Waals surface area contributed by atoms with Gasteiger partial charge in [-0.1, -0.05) is 81.7 Å². The second-order valence-corrected chi connectivity index (χ2v) is 17.6. The van der Waals surface area contributed by atoms with Crippen molar-refractivity contribution in [1.29, 1.82) is 0 Å². The van der Waals surface area contributed by atoms with Crippen LogP contribution in [0, 0.1) is 17.3 Å². The van der Waals surface area contributed by atoms with Crippen LogP contribution in [0.25, 0.3) is 0 Å². The van der Waals surface area contributed by atoms with E-state index in [4.69, 9.17) is 18.8 Å². The normalized spacial score (nSPS) is 27.2. The number of carbonyl (C=O) groups excluding carboxylic acids is 3. The van der Waals surface area contributed by atoms with Gasteiger partial charge in [-0.15, -0.1) is 13.2 Å². The van der Waals surface area contributed by atoms with Crippen LogP contribution in [-0.4, -0.2) is 89.8 Å². The zero-order valence-corrected chi connectivity index (χ0v) is 34.3.